The average Bonchev–Trinajstić information content (AvgIpc) is 3.24. The summed E-state index contributed by atoms with van der Waals surface area (Å²) in [5.41, 5.74) is 6.15. The third-order valence-corrected chi connectivity index (χ3v) is 6.66. The zero-order valence-corrected chi connectivity index (χ0v) is 18.3. The normalized spacial score (nSPS) is 25.8. The van der Waals surface area contributed by atoms with Gasteiger partial charge in [0.1, 0.15) is 24.6 Å². The van der Waals surface area contributed by atoms with Crippen molar-refractivity contribution in [2.24, 2.45) is 5.73 Å². The number of nitrogens with two attached hydrogens (primary N) is 1. The number of rotatable bonds is 11. The fourth-order valence-electron chi connectivity index (χ4n) is 3.07. The van der Waals surface area contributed by atoms with Crippen molar-refractivity contribution < 1.29 is 47.6 Å². The maximum absolute atomic E-state index is 11.6. The van der Waals surface area contributed by atoms with E-state index < -0.39 is 46.8 Å². The number of phosphoric ester groups is 1. The number of aromatic nitrogens is 4. The Labute approximate surface area is 181 Å². The van der Waals surface area contributed by atoms with Gasteiger partial charge in [0.2, 0.25) is 0 Å². The van der Waals surface area contributed by atoms with Crippen LogP contribution in [-0.4, -0.2) is 82.4 Å². The molecule has 2 aromatic rings. The van der Waals surface area contributed by atoms with Crippen LogP contribution in [0, 0.1) is 0 Å². The van der Waals surface area contributed by atoms with Gasteiger partial charge < -0.3 is 40.7 Å². The Morgan fingerprint density at radius 2 is 1.91 bits per heavy atom. The number of hydrogen-bond acceptors (Lipinski definition) is 12. The SMILES string of the molecule is NCCCCNc1ncnc2c1ncn2[C@@H]1O[C@H](COP(=O)(O)OP(=O)(O)O)[C@@H](O)[C@H]1O. The van der Waals surface area contributed by atoms with E-state index in [4.69, 9.17) is 20.3 Å². The zero-order chi connectivity index (χ0) is 23.5. The second-order valence-electron chi connectivity index (χ2n) is 6.85. The number of unbranched alkanes of at least 4 members (excludes halogenated alkanes) is 1. The van der Waals surface area contributed by atoms with Gasteiger partial charge in [-0.1, -0.05) is 0 Å². The molecule has 0 saturated carbocycles. The summed E-state index contributed by atoms with van der Waals surface area (Å²) in [7, 11) is -10.4. The summed E-state index contributed by atoms with van der Waals surface area (Å²) in [5, 5.41) is 23.8. The molecular weight excluding hydrogens is 474 g/mol. The van der Waals surface area contributed by atoms with Gasteiger partial charge in [0.05, 0.1) is 12.9 Å². The Morgan fingerprint density at radius 3 is 2.59 bits per heavy atom. The lowest BCUT2D eigenvalue weighted by molar-refractivity contribution is -0.0503. The Hall–Kier alpha value is -1.55. The molecule has 1 fully saturated rings. The summed E-state index contributed by atoms with van der Waals surface area (Å²) >= 11 is 0. The summed E-state index contributed by atoms with van der Waals surface area (Å²) < 4.78 is 37.4. The number of nitrogens with one attached hydrogen (secondary N) is 1. The van der Waals surface area contributed by atoms with E-state index in [9.17, 15) is 24.2 Å². The number of hydrogen-bond donors (Lipinski definition) is 7. The Balaban J connectivity index is 1.72. The number of phosphoric acid groups is 2. The summed E-state index contributed by atoms with van der Waals surface area (Å²) in [5.74, 6) is 0.453. The Morgan fingerprint density at radius 1 is 1.16 bits per heavy atom. The minimum atomic E-state index is -5.30. The third-order valence-electron chi connectivity index (χ3n) is 4.50. The van der Waals surface area contributed by atoms with E-state index >= 15 is 0 Å². The first-order chi connectivity index (χ1) is 15.0. The van der Waals surface area contributed by atoms with Crippen molar-refractivity contribution in [3.8, 4) is 0 Å². The Kier molecular flexibility index (Phi) is 7.96. The zero-order valence-electron chi connectivity index (χ0n) is 16.5. The average molecular weight is 498 g/mol. The van der Waals surface area contributed by atoms with E-state index in [0.29, 0.717) is 24.4 Å². The second-order valence-corrected chi connectivity index (χ2v) is 9.68. The number of ether oxygens (including phenoxy) is 1. The number of aliphatic hydroxyl groups is 2. The van der Waals surface area contributed by atoms with Crippen LogP contribution in [-0.2, 0) is 22.7 Å². The first-order valence-corrected chi connectivity index (χ1v) is 12.4. The molecule has 0 aliphatic carbocycles. The highest BCUT2D eigenvalue weighted by molar-refractivity contribution is 7.60. The van der Waals surface area contributed by atoms with E-state index in [0.717, 1.165) is 12.8 Å². The molecule has 1 aliphatic rings. The lowest BCUT2D eigenvalue weighted by atomic mass is 10.1. The summed E-state index contributed by atoms with van der Waals surface area (Å²) in [6, 6.07) is 0. The fraction of sp³-hybridized carbons (Fsp3) is 0.643. The van der Waals surface area contributed by atoms with Gasteiger partial charge >= 0.3 is 15.6 Å². The monoisotopic (exact) mass is 498 g/mol. The molecular formula is C14H24N6O10P2. The molecule has 0 amide bonds. The second kappa shape index (κ2) is 10.2. The lowest BCUT2D eigenvalue weighted by Crippen LogP contribution is -2.33. The van der Waals surface area contributed by atoms with Crippen LogP contribution >= 0.6 is 15.6 Å². The Bertz CT molecular complexity index is 1020. The minimum Gasteiger partial charge on any atom is -0.387 e. The van der Waals surface area contributed by atoms with Gasteiger partial charge in [0, 0.05) is 6.54 Å². The van der Waals surface area contributed by atoms with E-state index in [1.807, 2.05) is 0 Å². The molecule has 0 spiro atoms. The summed E-state index contributed by atoms with van der Waals surface area (Å²) in [4.78, 5) is 39.1. The standard InChI is InChI=1S/C14H24N6O10P2/c15-3-1-2-4-16-12-9-13(18-6-17-12)20(7-19-9)14-11(22)10(21)8(29-14)5-28-32(26,27)30-31(23,24)25/h6-8,10-11,14,21-22H,1-5,15H2,(H,26,27)(H,16,17,18)(H2,23,24,25)/t8-,10-,11-,14-/m1/s1. The van der Waals surface area contributed by atoms with Crippen LogP contribution in [0.25, 0.3) is 11.2 Å². The molecule has 0 bridgehead atoms. The highest BCUT2D eigenvalue weighted by Crippen LogP contribution is 2.57. The van der Waals surface area contributed by atoms with Gasteiger partial charge in [-0.25, -0.2) is 24.1 Å². The molecule has 1 saturated heterocycles. The number of nitrogens with zero attached hydrogens (tertiary/aromatic N) is 4. The van der Waals surface area contributed by atoms with Gasteiger partial charge in [-0.05, 0) is 19.4 Å². The minimum absolute atomic E-state index is 0.289. The molecule has 8 N–H and O–H groups in total. The number of imidazole rings is 1. The molecule has 1 aliphatic heterocycles. The van der Waals surface area contributed by atoms with Crippen molar-refractivity contribution >= 4 is 32.6 Å². The maximum Gasteiger partial charge on any atom is 0.481 e. The molecule has 3 rings (SSSR count). The van der Waals surface area contributed by atoms with Crippen molar-refractivity contribution in [3.05, 3.63) is 12.7 Å². The predicted octanol–water partition coefficient (Wildman–Crippen LogP) is -1.18. The predicted molar refractivity (Wildman–Crippen MR) is 107 cm³/mol. The van der Waals surface area contributed by atoms with Crippen LogP contribution in [0.3, 0.4) is 0 Å². The molecule has 0 aromatic carbocycles. The maximum atomic E-state index is 11.6. The van der Waals surface area contributed by atoms with Crippen LogP contribution in [0.2, 0.25) is 0 Å². The molecule has 18 heteroatoms. The number of anilines is 1. The molecule has 32 heavy (non-hydrogen) atoms. The van der Waals surface area contributed by atoms with Crippen molar-refractivity contribution in [1.29, 1.82) is 0 Å². The first kappa shape index (κ1) is 25.1. The van der Waals surface area contributed by atoms with E-state index in [1.165, 1.54) is 17.2 Å². The number of fused-ring (bicyclic) bond motifs is 1. The van der Waals surface area contributed by atoms with Crippen molar-refractivity contribution in [1.82, 2.24) is 19.5 Å². The topological polar surface area (TPSA) is 245 Å². The molecule has 2 aromatic heterocycles. The smallest absolute Gasteiger partial charge is 0.387 e. The molecule has 0 radical (unpaired) electrons. The number of aliphatic hydroxyl groups excluding tert-OH is 2. The summed E-state index contributed by atoms with van der Waals surface area (Å²) in [6.07, 6.45) is -1.33. The molecule has 16 nitrogen and oxygen atoms in total. The van der Waals surface area contributed by atoms with Crippen molar-refractivity contribution in [2.75, 3.05) is 25.0 Å². The van der Waals surface area contributed by atoms with Gasteiger partial charge in [0.25, 0.3) is 0 Å². The van der Waals surface area contributed by atoms with Gasteiger partial charge in [-0.3, -0.25) is 9.09 Å². The first-order valence-electron chi connectivity index (χ1n) is 9.39. The van der Waals surface area contributed by atoms with Crippen molar-refractivity contribution in [3.63, 3.8) is 0 Å². The summed E-state index contributed by atoms with van der Waals surface area (Å²) in [6.45, 7) is 0.365. The van der Waals surface area contributed by atoms with Gasteiger partial charge in [-0.2, -0.15) is 4.31 Å². The van der Waals surface area contributed by atoms with E-state index in [1.54, 1.807) is 0 Å². The molecule has 180 valence electrons. The fourth-order valence-corrected chi connectivity index (χ4v) is 4.67. The van der Waals surface area contributed by atoms with Crippen LogP contribution < -0.4 is 11.1 Å². The van der Waals surface area contributed by atoms with Crippen molar-refractivity contribution in [2.45, 2.75) is 37.4 Å². The third kappa shape index (κ3) is 6.07. The van der Waals surface area contributed by atoms with E-state index in [-0.39, 0.29) is 5.65 Å². The quantitative estimate of drug-likeness (QED) is 0.142. The lowest BCUT2D eigenvalue weighted by Gasteiger charge is -2.17. The molecule has 1 unspecified atom stereocenters. The van der Waals surface area contributed by atoms with Crippen LogP contribution in [0.1, 0.15) is 19.1 Å². The molecule has 3 heterocycles. The highest BCUT2D eigenvalue weighted by Gasteiger charge is 2.46. The highest BCUT2D eigenvalue weighted by atomic mass is 31.3. The van der Waals surface area contributed by atoms with Crippen LogP contribution in [0.5, 0.6) is 0 Å². The van der Waals surface area contributed by atoms with Gasteiger partial charge in [0.15, 0.2) is 23.2 Å². The van der Waals surface area contributed by atoms with Gasteiger partial charge in [-0.15, -0.1) is 0 Å². The van der Waals surface area contributed by atoms with Crippen LogP contribution in [0.15, 0.2) is 12.7 Å². The largest absolute Gasteiger partial charge is 0.481 e. The van der Waals surface area contributed by atoms with Crippen LogP contribution in [0.4, 0.5) is 5.82 Å². The molecule has 5 atom stereocenters. The van der Waals surface area contributed by atoms with E-state index in [2.05, 4.69) is 29.1 Å².